The summed E-state index contributed by atoms with van der Waals surface area (Å²) in [5.74, 6) is 1.66. The summed E-state index contributed by atoms with van der Waals surface area (Å²) in [4.78, 5) is 0. The molecule has 23 heavy (non-hydrogen) atoms. The molecular weight excluding hydrogens is 312 g/mol. The maximum atomic E-state index is 5.34. The Kier molecular flexibility index (Phi) is 5.65. The van der Waals surface area contributed by atoms with Crippen LogP contribution in [0.15, 0.2) is 36.4 Å². The van der Waals surface area contributed by atoms with Crippen molar-refractivity contribution >= 4 is 28.7 Å². The van der Waals surface area contributed by atoms with Crippen molar-refractivity contribution in [3.05, 3.63) is 42.0 Å². The van der Waals surface area contributed by atoms with E-state index in [-0.39, 0.29) is 0 Å². The fourth-order valence-electron chi connectivity index (χ4n) is 2.08. The first kappa shape index (κ1) is 16.9. The summed E-state index contributed by atoms with van der Waals surface area (Å²) >= 11 is 5.34. The van der Waals surface area contributed by atoms with E-state index in [9.17, 15) is 0 Å². The lowest BCUT2D eigenvalue weighted by Crippen LogP contribution is -2.19. The smallest absolute Gasteiger partial charge is 0.203 e. The highest BCUT2D eigenvalue weighted by Gasteiger charge is 2.13. The summed E-state index contributed by atoms with van der Waals surface area (Å²) in [6.07, 6.45) is 0. The van der Waals surface area contributed by atoms with Crippen molar-refractivity contribution in [1.29, 1.82) is 0 Å². The molecule has 2 N–H and O–H groups in total. The molecule has 0 unspecified atom stereocenters. The van der Waals surface area contributed by atoms with E-state index in [0.29, 0.717) is 22.4 Å². The molecule has 122 valence electrons. The number of rotatable bonds is 5. The molecule has 0 heterocycles. The van der Waals surface area contributed by atoms with Crippen LogP contribution in [0.1, 0.15) is 5.56 Å². The van der Waals surface area contributed by atoms with E-state index in [1.54, 1.807) is 33.5 Å². The molecule has 0 atom stereocenters. The molecule has 0 fully saturated rings. The maximum Gasteiger partial charge on any atom is 0.203 e. The van der Waals surface area contributed by atoms with Crippen LogP contribution in [0.3, 0.4) is 0 Å². The summed E-state index contributed by atoms with van der Waals surface area (Å²) in [5, 5.41) is 6.71. The van der Waals surface area contributed by atoms with Crippen molar-refractivity contribution < 1.29 is 14.2 Å². The largest absolute Gasteiger partial charge is 0.493 e. The van der Waals surface area contributed by atoms with Crippen molar-refractivity contribution in [2.24, 2.45) is 0 Å². The molecule has 2 aromatic carbocycles. The highest BCUT2D eigenvalue weighted by molar-refractivity contribution is 7.80. The molecule has 0 saturated heterocycles. The van der Waals surface area contributed by atoms with Gasteiger partial charge in [-0.2, -0.15) is 0 Å². The van der Waals surface area contributed by atoms with Crippen LogP contribution in [0.5, 0.6) is 17.2 Å². The third-order valence-electron chi connectivity index (χ3n) is 3.23. The number of aryl methyl sites for hydroxylation is 1. The second-order valence-corrected chi connectivity index (χ2v) is 5.27. The van der Waals surface area contributed by atoms with Gasteiger partial charge in [-0.3, -0.25) is 0 Å². The van der Waals surface area contributed by atoms with Gasteiger partial charge in [0.05, 0.1) is 21.3 Å². The summed E-state index contributed by atoms with van der Waals surface area (Å²) in [6, 6.07) is 11.6. The van der Waals surface area contributed by atoms with E-state index in [1.807, 2.05) is 31.2 Å². The molecular formula is C17H20N2O3S. The number of thiocarbonyl (C=S) groups is 1. The quantitative estimate of drug-likeness (QED) is 0.812. The average molecular weight is 332 g/mol. The Morgan fingerprint density at radius 1 is 0.826 bits per heavy atom. The monoisotopic (exact) mass is 332 g/mol. The lowest BCUT2D eigenvalue weighted by Gasteiger charge is -2.16. The summed E-state index contributed by atoms with van der Waals surface area (Å²) in [5.41, 5.74) is 2.85. The van der Waals surface area contributed by atoms with Gasteiger partial charge in [-0.15, -0.1) is 0 Å². The zero-order chi connectivity index (χ0) is 16.8. The number of hydrogen-bond donors (Lipinski definition) is 2. The first-order chi connectivity index (χ1) is 11.1. The molecule has 0 aliphatic heterocycles. The van der Waals surface area contributed by atoms with Gasteiger partial charge in [0.15, 0.2) is 16.6 Å². The van der Waals surface area contributed by atoms with Crippen molar-refractivity contribution in [3.8, 4) is 17.2 Å². The normalized spacial score (nSPS) is 9.91. The number of anilines is 2. The van der Waals surface area contributed by atoms with E-state index in [2.05, 4.69) is 10.6 Å². The van der Waals surface area contributed by atoms with Gasteiger partial charge >= 0.3 is 0 Å². The highest BCUT2D eigenvalue weighted by Crippen LogP contribution is 2.39. The summed E-state index contributed by atoms with van der Waals surface area (Å²) in [7, 11) is 4.71. The van der Waals surface area contributed by atoms with Gasteiger partial charge in [0.2, 0.25) is 5.75 Å². The average Bonchev–Trinajstić information content (AvgIpc) is 2.55. The maximum absolute atomic E-state index is 5.34. The molecule has 0 aliphatic carbocycles. The molecule has 0 aliphatic rings. The SMILES string of the molecule is COc1cc(NC(=S)Nc2ccc(C)cc2)cc(OC)c1OC. The minimum Gasteiger partial charge on any atom is -0.493 e. The van der Waals surface area contributed by atoms with Crippen LogP contribution in [0.2, 0.25) is 0 Å². The molecule has 0 aromatic heterocycles. The van der Waals surface area contributed by atoms with Crippen LogP contribution in [0.4, 0.5) is 11.4 Å². The predicted octanol–water partition coefficient (Wildman–Crippen LogP) is 3.83. The molecule has 0 spiro atoms. The van der Waals surface area contributed by atoms with Crippen molar-refractivity contribution in [2.45, 2.75) is 6.92 Å². The lowest BCUT2D eigenvalue weighted by molar-refractivity contribution is 0.324. The van der Waals surface area contributed by atoms with E-state index >= 15 is 0 Å². The van der Waals surface area contributed by atoms with Crippen LogP contribution < -0.4 is 24.8 Å². The Labute approximate surface area is 141 Å². The molecule has 0 amide bonds. The minimum absolute atomic E-state index is 0.475. The topological polar surface area (TPSA) is 51.8 Å². The number of ether oxygens (including phenoxy) is 3. The van der Waals surface area contributed by atoms with Crippen LogP contribution in [-0.2, 0) is 0 Å². The molecule has 2 aromatic rings. The molecule has 0 bridgehead atoms. The van der Waals surface area contributed by atoms with Gasteiger partial charge < -0.3 is 24.8 Å². The second-order valence-electron chi connectivity index (χ2n) is 4.86. The molecule has 5 nitrogen and oxygen atoms in total. The fraction of sp³-hybridized carbons (Fsp3) is 0.235. The fourth-order valence-corrected chi connectivity index (χ4v) is 2.32. The Bertz CT molecular complexity index is 662. The van der Waals surface area contributed by atoms with Crippen molar-refractivity contribution in [2.75, 3.05) is 32.0 Å². The third-order valence-corrected chi connectivity index (χ3v) is 3.44. The highest BCUT2D eigenvalue weighted by atomic mass is 32.1. The second kappa shape index (κ2) is 7.69. The van der Waals surface area contributed by atoms with Gasteiger partial charge in [-0.05, 0) is 31.3 Å². The zero-order valence-electron chi connectivity index (χ0n) is 13.6. The Balaban J connectivity index is 2.15. The van der Waals surface area contributed by atoms with Crippen molar-refractivity contribution in [3.63, 3.8) is 0 Å². The molecule has 0 saturated carbocycles. The van der Waals surface area contributed by atoms with E-state index in [4.69, 9.17) is 26.4 Å². The van der Waals surface area contributed by atoms with Gasteiger partial charge in [0.25, 0.3) is 0 Å². The number of nitrogens with one attached hydrogen (secondary N) is 2. The first-order valence-electron chi connectivity index (χ1n) is 7.02. The van der Waals surface area contributed by atoms with Crippen LogP contribution in [-0.4, -0.2) is 26.4 Å². The Morgan fingerprint density at radius 2 is 1.35 bits per heavy atom. The van der Waals surface area contributed by atoms with E-state index in [1.165, 1.54) is 5.56 Å². The lowest BCUT2D eigenvalue weighted by atomic mass is 10.2. The standard InChI is InChI=1S/C17H20N2O3S/c1-11-5-7-12(8-6-11)18-17(23)19-13-9-14(20-2)16(22-4)15(10-13)21-3/h5-10H,1-4H3,(H2,18,19,23). The zero-order valence-corrected chi connectivity index (χ0v) is 14.4. The Morgan fingerprint density at radius 3 is 1.83 bits per heavy atom. The molecule has 0 radical (unpaired) electrons. The van der Waals surface area contributed by atoms with Crippen LogP contribution in [0, 0.1) is 6.92 Å². The van der Waals surface area contributed by atoms with Gasteiger partial charge in [-0.1, -0.05) is 17.7 Å². The van der Waals surface area contributed by atoms with Gasteiger partial charge in [-0.25, -0.2) is 0 Å². The number of methoxy groups -OCH3 is 3. The van der Waals surface area contributed by atoms with Gasteiger partial charge in [0.1, 0.15) is 0 Å². The Hall–Kier alpha value is -2.47. The predicted molar refractivity (Wildman–Crippen MR) is 97.1 cm³/mol. The first-order valence-corrected chi connectivity index (χ1v) is 7.43. The summed E-state index contributed by atoms with van der Waals surface area (Å²) in [6.45, 7) is 2.04. The van der Waals surface area contributed by atoms with Crippen LogP contribution >= 0.6 is 12.2 Å². The van der Waals surface area contributed by atoms with Crippen molar-refractivity contribution in [1.82, 2.24) is 0 Å². The van der Waals surface area contributed by atoms with E-state index < -0.39 is 0 Å². The van der Waals surface area contributed by atoms with Gasteiger partial charge in [0, 0.05) is 23.5 Å². The summed E-state index contributed by atoms with van der Waals surface area (Å²) < 4.78 is 15.9. The van der Waals surface area contributed by atoms with Crippen LogP contribution in [0.25, 0.3) is 0 Å². The minimum atomic E-state index is 0.475. The molecule has 2 rings (SSSR count). The van der Waals surface area contributed by atoms with E-state index in [0.717, 1.165) is 11.4 Å². The molecule has 6 heteroatoms. The number of hydrogen-bond acceptors (Lipinski definition) is 4. The third kappa shape index (κ3) is 4.26. The number of benzene rings is 2.